The first-order valence-corrected chi connectivity index (χ1v) is 6.94. The molecule has 7 nitrogen and oxygen atoms in total. The SMILES string of the molecule is Nc1c([N+](=O)[O-])cnn1C1CCN(c2ccccc2)CC1. The zero-order chi connectivity index (χ0) is 14.8. The second-order valence-corrected chi connectivity index (χ2v) is 5.17. The quantitative estimate of drug-likeness (QED) is 0.690. The topological polar surface area (TPSA) is 90.2 Å². The number of aromatic nitrogens is 2. The van der Waals surface area contributed by atoms with Crippen LogP contribution in [0.2, 0.25) is 0 Å². The molecule has 0 amide bonds. The van der Waals surface area contributed by atoms with Gasteiger partial charge in [0.2, 0.25) is 5.82 Å². The van der Waals surface area contributed by atoms with Gasteiger partial charge >= 0.3 is 5.69 Å². The molecule has 21 heavy (non-hydrogen) atoms. The van der Waals surface area contributed by atoms with Crippen LogP contribution in [-0.2, 0) is 0 Å². The first-order valence-electron chi connectivity index (χ1n) is 6.94. The molecule has 1 saturated heterocycles. The van der Waals surface area contributed by atoms with Gasteiger partial charge in [-0.25, -0.2) is 4.68 Å². The number of rotatable bonds is 3. The average Bonchev–Trinajstić information content (AvgIpc) is 2.90. The molecule has 110 valence electrons. The Morgan fingerprint density at radius 1 is 1.24 bits per heavy atom. The van der Waals surface area contributed by atoms with E-state index in [1.165, 1.54) is 11.9 Å². The van der Waals surface area contributed by atoms with E-state index in [0.717, 1.165) is 25.9 Å². The van der Waals surface area contributed by atoms with Crippen LogP contribution in [0.5, 0.6) is 0 Å². The lowest BCUT2D eigenvalue weighted by atomic mass is 10.0. The van der Waals surface area contributed by atoms with Crippen molar-refractivity contribution in [2.45, 2.75) is 18.9 Å². The van der Waals surface area contributed by atoms with E-state index in [1.807, 2.05) is 18.2 Å². The summed E-state index contributed by atoms with van der Waals surface area (Å²) in [5.41, 5.74) is 6.92. The van der Waals surface area contributed by atoms with Crippen LogP contribution in [0.3, 0.4) is 0 Å². The second-order valence-electron chi connectivity index (χ2n) is 5.17. The molecule has 2 heterocycles. The van der Waals surface area contributed by atoms with Gasteiger partial charge in [0.05, 0.1) is 11.0 Å². The molecule has 0 atom stereocenters. The standard InChI is InChI=1S/C14H17N5O2/c15-14-13(19(20)21)10-16-18(14)12-6-8-17(9-7-12)11-4-2-1-3-5-11/h1-5,10,12H,6-9,15H2. The highest BCUT2D eigenvalue weighted by atomic mass is 16.6. The van der Waals surface area contributed by atoms with E-state index in [-0.39, 0.29) is 17.5 Å². The van der Waals surface area contributed by atoms with E-state index < -0.39 is 4.92 Å². The summed E-state index contributed by atoms with van der Waals surface area (Å²) < 4.78 is 1.60. The van der Waals surface area contributed by atoms with E-state index in [4.69, 9.17) is 5.73 Å². The first-order chi connectivity index (χ1) is 10.2. The Labute approximate surface area is 122 Å². The highest BCUT2D eigenvalue weighted by Gasteiger charge is 2.26. The highest BCUT2D eigenvalue weighted by molar-refractivity contribution is 5.52. The van der Waals surface area contributed by atoms with E-state index in [0.29, 0.717) is 0 Å². The average molecular weight is 287 g/mol. The number of nitrogens with two attached hydrogens (primary N) is 1. The number of piperidine rings is 1. The lowest BCUT2D eigenvalue weighted by Gasteiger charge is -2.33. The van der Waals surface area contributed by atoms with Crippen LogP contribution in [0.15, 0.2) is 36.5 Å². The fourth-order valence-electron chi connectivity index (χ4n) is 2.80. The third kappa shape index (κ3) is 2.54. The van der Waals surface area contributed by atoms with Gasteiger partial charge in [-0.3, -0.25) is 10.1 Å². The summed E-state index contributed by atoms with van der Waals surface area (Å²) in [6, 6.07) is 10.4. The summed E-state index contributed by atoms with van der Waals surface area (Å²) in [5, 5.41) is 14.9. The van der Waals surface area contributed by atoms with Crippen LogP contribution >= 0.6 is 0 Å². The minimum absolute atomic E-state index is 0.111. The predicted molar refractivity (Wildman–Crippen MR) is 80.2 cm³/mol. The van der Waals surface area contributed by atoms with Gasteiger partial charge in [0.15, 0.2) is 0 Å². The van der Waals surface area contributed by atoms with E-state index >= 15 is 0 Å². The fraction of sp³-hybridized carbons (Fsp3) is 0.357. The lowest BCUT2D eigenvalue weighted by Crippen LogP contribution is -2.35. The molecule has 1 aromatic heterocycles. The Balaban J connectivity index is 1.70. The molecule has 0 aliphatic carbocycles. The number of benzene rings is 1. The minimum atomic E-state index is -0.488. The maximum atomic E-state index is 10.8. The number of nitro groups is 1. The van der Waals surface area contributed by atoms with Gasteiger partial charge in [-0.15, -0.1) is 0 Å². The predicted octanol–water partition coefficient (Wildman–Crippen LogP) is 2.21. The van der Waals surface area contributed by atoms with Gasteiger partial charge in [-0.05, 0) is 25.0 Å². The van der Waals surface area contributed by atoms with Crippen LogP contribution in [0, 0.1) is 10.1 Å². The van der Waals surface area contributed by atoms with Crippen LogP contribution in [0.25, 0.3) is 0 Å². The Kier molecular flexibility index (Phi) is 3.47. The van der Waals surface area contributed by atoms with Gasteiger partial charge in [0.1, 0.15) is 6.20 Å². The molecule has 1 aliphatic rings. The molecule has 0 saturated carbocycles. The molecule has 2 aromatic rings. The van der Waals surface area contributed by atoms with E-state index in [1.54, 1.807) is 4.68 Å². The zero-order valence-electron chi connectivity index (χ0n) is 11.6. The van der Waals surface area contributed by atoms with Crippen molar-refractivity contribution < 1.29 is 4.92 Å². The maximum absolute atomic E-state index is 10.8. The normalized spacial score (nSPS) is 16.1. The molecule has 1 aromatic carbocycles. The highest BCUT2D eigenvalue weighted by Crippen LogP contribution is 2.30. The van der Waals surface area contributed by atoms with E-state index in [2.05, 4.69) is 22.1 Å². The number of anilines is 2. The molecule has 0 bridgehead atoms. The van der Waals surface area contributed by atoms with Gasteiger partial charge in [0.25, 0.3) is 0 Å². The summed E-state index contributed by atoms with van der Waals surface area (Å²) >= 11 is 0. The van der Waals surface area contributed by atoms with Crippen molar-refractivity contribution in [3.05, 3.63) is 46.6 Å². The maximum Gasteiger partial charge on any atom is 0.330 e. The number of para-hydroxylation sites is 1. The van der Waals surface area contributed by atoms with Gasteiger partial charge < -0.3 is 10.6 Å². The van der Waals surface area contributed by atoms with Crippen molar-refractivity contribution in [3.63, 3.8) is 0 Å². The molecule has 1 fully saturated rings. The Hall–Kier alpha value is -2.57. The summed E-state index contributed by atoms with van der Waals surface area (Å²) in [7, 11) is 0. The molecule has 0 unspecified atom stereocenters. The van der Waals surface area contributed by atoms with Gasteiger partial charge in [0, 0.05) is 18.8 Å². The largest absolute Gasteiger partial charge is 0.378 e. The number of nitrogen functional groups attached to an aromatic ring is 1. The third-order valence-electron chi connectivity index (χ3n) is 3.94. The monoisotopic (exact) mass is 287 g/mol. The summed E-state index contributed by atoms with van der Waals surface area (Å²) in [4.78, 5) is 12.6. The third-order valence-corrected chi connectivity index (χ3v) is 3.94. The van der Waals surface area contributed by atoms with Gasteiger partial charge in [-0.2, -0.15) is 5.10 Å². The molecule has 1 aliphatic heterocycles. The lowest BCUT2D eigenvalue weighted by molar-refractivity contribution is -0.384. The minimum Gasteiger partial charge on any atom is -0.378 e. The Morgan fingerprint density at radius 3 is 2.48 bits per heavy atom. The zero-order valence-corrected chi connectivity index (χ0v) is 11.6. The smallest absolute Gasteiger partial charge is 0.330 e. The molecule has 2 N–H and O–H groups in total. The van der Waals surface area contributed by atoms with Crippen LogP contribution in [0.1, 0.15) is 18.9 Å². The summed E-state index contributed by atoms with van der Waals surface area (Å²) in [6.45, 7) is 1.78. The summed E-state index contributed by atoms with van der Waals surface area (Å²) in [5.74, 6) is 0.151. The van der Waals surface area contributed by atoms with Crippen LogP contribution in [0.4, 0.5) is 17.2 Å². The molecular weight excluding hydrogens is 270 g/mol. The van der Waals surface area contributed by atoms with Crippen LogP contribution < -0.4 is 10.6 Å². The van der Waals surface area contributed by atoms with Crippen molar-refractivity contribution in [3.8, 4) is 0 Å². The van der Waals surface area contributed by atoms with Crippen LogP contribution in [-0.4, -0.2) is 27.8 Å². The Morgan fingerprint density at radius 2 is 1.90 bits per heavy atom. The van der Waals surface area contributed by atoms with Crippen molar-refractivity contribution in [2.24, 2.45) is 0 Å². The van der Waals surface area contributed by atoms with Gasteiger partial charge in [-0.1, -0.05) is 18.2 Å². The molecule has 0 radical (unpaired) electrons. The van der Waals surface area contributed by atoms with Crippen molar-refractivity contribution >= 4 is 17.2 Å². The van der Waals surface area contributed by atoms with Crippen molar-refractivity contribution in [1.29, 1.82) is 0 Å². The molecule has 0 spiro atoms. The fourth-order valence-corrected chi connectivity index (χ4v) is 2.80. The van der Waals surface area contributed by atoms with E-state index in [9.17, 15) is 10.1 Å². The second kappa shape index (κ2) is 5.43. The number of nitrogens with zero attached hydrogens (tertiary/aromatic N) is 4. The molecular formula is C14H17N5O2. The Bertz CT molecular complexity index is 632. The summed E-state index contributed by atoms with van der Waals surface area (Å²) in [6.07, 6.45) is 2.98. The number of hydrogen-bond donors (Lipinski definition) is 1. The first kappa shape index (κ1) is 13.4. The number of hydrogen-bond acceptors (Lipinski definition) is 5. The van der Waals surface area contributed by atoms with Crippen molar-refractivity contribution in [2.75, 3.05) is 23.7 Å². The van der Waals surface area contributed by atoms with Crippen molar-refractivity contribution in [1.82, 2.24) is 9.78 Å². The molecule has 3 rings (SSSR count). The molecule has 7 heteroatoms.